The van der Waals surface area contributed by atoms with Crippen molar-refractivity contribution in [1.82, 2.24) is 25.1 Å². The van der Waals surface area contributed by atoms with Crippen LogP contribution in [0, 0.1) is 18.8 Å². The van der Waals surface area contributed by atoms with Crippen molar-refractivity contribution in [2.24, 2.45) is 0 Å². The average molecular weight is 834 g/mol. The molecule has 21 heteroatoms. The van der Waals surface area contributed by atoms with Crippen LogP contribution in [-0.2, 0) is 11.3 Å². The van der Waals surface area contributed by atoms with Crippen LogP contribution in [0.3, 0.4) is 0 Å². The largest absolute Gasteiger partial charge is 0.486 e. The molecule has 47 heavy (non-hydrogen) atoms. The van der Waals surface area contributed by atoms with E-state index in [-0.39, 0.29) is 6.61 Å². The van der Waals surface area contributed by atoms with Gasteiger partial charge in [0.25, 0.3) is 0 Å². The minimum absolute atomic E-state index is 0.0146. The van der Waals surface area contributed by atoms with E-state index in [2.05, 4.69) is 31.8 Å². The zero-order chi connectivity index (χ0) is 35.1. The van der Waals surface area contributed by atoms with Gasteiger partial charge in [-0.2, -0.15) is 127 Å². The Kier molecular flexibility index (Phi) is 12.2. The van der Waals surface area contributed by atoms with Crippen molar-refractivity contribution >= 4 is 132 Å². The smallest absolute Gasteiger partial charge is 0.408 e. The minimum Gasteiger partial charge on any atom is -0.486 e. The number of carbonyl (C=O) groups is 1. The number of ether oxygens (including phenoxy) is 2. The van der Waals surface area contributed by atoms with E-state index in [1.807, 2.05) is 6.07 Å². The van der Waals surface area contributed by atoms with Gasteiger partial charge >= 0.3 is 12.3 Å². The molecule has 1 saturated carbocycles. The van der Waals surface area contributed by atoms with Crippen LogP contribution in [0.1, 0.15) is 17.0 Å². The molecule has 3 aromatic rings. The third kappa shape index (κ3) is 7.71. The predicted octanol–water partition coefficient (Wildman–Crippen LogP) is 6.15. The summed E-state index contributed by atoms with van der Waals surface area (Å²) in [4.78, 5) is 15.6. The van der Waals surface area contributed by atoms with Crippen molar-refractivity contribution in [2.45, 2.75) is 45.3 Å². The van der Waals surface area contributed by atoms with Gasteiger partial charge in [0, 0.05) is 11.8 Å². The maximum Gasteiger partial charge on any atom is 0.408 e. The molecule has 0 aliphatic heterocycles. The lowest BCUT2D eigenvalue weighted by Crippen LogP contribution is -2.49. The number of halogens is 3. The van der Waals surface area contributed by atoms with Crippen molar-refractivity contribution in [3.8, 4) is 23.3 Å². The molecular weight excluding hydrogens is 808 g/mol. The summed E-state index contributed by atoms with van der Waals surface area (Å²) in [5, 5.41) is 10.8. The van der Waals surface area contributed by atoms with Crippen molar-refractivity contribution in [3.05, 3.63) is 59.7 Å². The van der Waals surface area contributed by atoms with Gasteiger partial charge in [-0.15, -0.1) is 10.2 Å². The number of amides is 1. The summed E-state index contributed by atoms with van der Waals surface area (Å²) in [6.45, 7) is -0.109. The third-order valence-corrected chi connectivity index (χ3v) is 17.8. The fourth-order valence-corrected chi connectivity index (χ4v) is 10.9. The van der Waals surface area contributed by atoms with Gasteiger partial charge in [0.05, 0.1) is 11.9 Å². The Hall–Kier alpha value is -0.570. The van der Waals surface area contributed by atoms with Crippen LogP contribution in [0.2, 0.25) is 0 Å². The van der Waals surface area contributed by atoms with Crippen LogP contribution in [0.5, 0.6) is 5.75 Å². The zero-order valence-corrected chi connectivity index (χ0v) is 32.6. The number of nitrogens with zero attached hydrogens (tertiary/aromatic N) is 4. The van der Waals surface area contributed by atoms with Gasteiger partial charge in [0.1, 0.15) is 39.3 Å². The highest BCUT2D eigenvalue weighted by atomic mass is 32.2. The monoisotopic (exact) mass is 833 g/mol. The number of rotatable bonds is 8. The van der Waals surface area contributed by atoms with Gasteiger partial charge in [-0.3, -0.25) is 9.55 Å². The number of hydrogen-bond acceptors (Lipinski definition) is 16. The first kappa shape index (κ1) is 39.2. The summed E-state index contributed by atoms with van der Waals surface area (Å²) < 4.78 is 42.1. The number of alkyl carbamates (subject to hydrolysis) is 1. The van der Waals surface area contributed by atoms with Gasteiger partial charge in [0.15, 0.2) is 17.6 Å². The first-order chi connectivity index (χ1) is 21.7. The summed E-state index contributed by atoms with van der Waals surface area (Å²) >= 11 is 44.2. The number of benzene rings is 1. The van der Waals surface area contributed by atoms with E-state index in [0.29, 0.717) is 28.0 Å². The molecule has 1 fully saturated rings. The molecule has 0 unspecified atom stereocenters. The molecule has 1 aliphatic carbocycles. The second-order valence-electron chi connectivity index (χ2n) is 9.99. The van der Waals surface area contributed by atoms with Gasteiger partial charge < -0.3 is 14.8 Å². The van der Waals surface area contributed by atoms with Crippen molar-refractivity contribution in [2.75, 3.05) is 13.2 Å². The summed E-state index contributed by atoms with van der Waals surface area (Å²) in [6.07, 6.45) is -2.50. The number of nitrogens with one attached hydrogen (secondary N) is 1. The van der Waals surface area contributed by atoms with Crippen LogP contribution in [0.25, 0.3) is 5.69 Å². The van der Waals surface area contributed by atoms with Gasteiger partial charge in [-0.05, 0) is 42.8 Å². The van der Waals surface area contributed by atoms with Gasteiger partial charge in [-0.1, -0.05) is 23.6 Å². The fraction of sp³-hybridized carbons (Fsp3) is 0.385. The van der Waals surface area contributed by atoms with Crippen molar-refractivity contribution < 1.29 is 27.4 Å². The molecule has 8 nitrogen and oxygen atoms in total. The Labute approximate surface area is 322 Å². The molecule has 0 atom stereocenters. The molecule has 1 N–H and O–H groups in total. The van der Waals surface area contributed by atoms with Crippen LogP contribution in [-0.4, -0.2) is 65.6 Å². The van der Waals surface area contributed by atoms with Crippen LogP contribution < -0.4 is 10.1 Å². The lowest BCUT2D eigenvalue weighted by Gasteiger charge is -2.43. The van der Waals surface area contributed by atoms with Crippen molar-refractivity contribution in [1.29, 1.82) is 0 Å². The Morgan fingerprint density at radius 3 is 2.23 bits per heavy atom. The summed E-state index contributed by atoms with van der Waals surface area (Å²) in [7, 11) is 0. The van der Waals surface area contributed by atoms with E-state index < -0.39 is 45.8 Å². The normalized spacial score (nSPS) is 18.6. The first-order valence-electron chi connectivity index (χ1n) is 12.9. The number of aromatic nitrogens is 4. The molecule has 0 radical (unpaired) electrons. The highest BCUT2D eigenvalue weighted by Crippen LogP contribution is 2.78. The van der Waals surface area contributed by atoms with E-state index in [4.69, 9.17) is 118 Å². The number of hydrogen-bond donors (Lipinski definition) is 10. The summed E-state index contributed by atoms with van der Waals surface area (Å²) in [5.41, 5.74) is 1.97. The summed E-state index contributed by atoms with van der Waals surface area (Å²) in [6, 6.07) is 8.69. The molecule has 1 aliphatic rings. The molecule has 254 valence electrons. The highest BCUT2D eigenvalue weighted by molar-refractivity contribution is 8.21. The Morgan fingerprint density at radius 2 is 1.66 bits per heavy atom. The molecular formula is C26H26F3N5O3S10. The number of thiol groups is 9. The van der Waals surface area contributed by atoms with E-state index in [9.17, 15) is 18.0 Å². The molecule has 4 rings (SSSR count). The molecule has 0 saturated heterocycles. The molecule has 2 aromatic heterocycles. The molecule has 1 amide bonds. The summed E-state index contributed by atoms with van der Waals surface area (Å²) in [5.74, 6) is 6.32. The number of carbonyl (C=O) groups excluding carboxylic acids is 1. The molecule has 2 heterocycles. The highest BCUT2D eigenvalue weighted by Gasteiger charge is 2.81. The maximum absolute atomic E-state index is 12.2. The topological polar surface area (TPSA) is 91.2 Å². The van der Waals surface area contributed by atoms with E-state index >= 15 is 0 Å². The molecule has 0 spiro atoms. The Balaban J connectivity index is 1.53. The lowest BCUT2D eigenvalue weighted by molar-refractivity contribution is -0.123. The standard InChI is InChI=1S/C26H26F3N5O3S10/c1-14-10-17(7-6-15(14)4-3-9-36-20(35)31-13-21(27,28)29)37-12-18-32-33-19(34(18)16-5-2-8-30-11-16)47-26(46)24(42,43)22(38,39)23(40,41)25(26,44)45/h2,5-8,10-11,38-46H,9,12-13H2,1H3,(H,31,35). The minimum atomic E-state index is -4.54. The molecule has 1 aromatic carbocycles. The Bertz CT molecular complexity index is 1670. The number of aryl methyl sites for hydroxylation is 1. The second-order valence-corrected chi connectivity index (χ2v) is 18.9. The van der Waals surface area contributed by atoms with Crippen LogP contribution in [0.15, 0.2) is 47.9 Å². The fourth-order valence-electron chi connectivity index (χ4n) is 4.15. The maximum atomic E-state index is 12.2. The first-order valence-corrected chi connectivity index (χ1v) is 17.7. The SMILES string of the molecule is Cc1cc(OCc2nnc(SC3(S)C(S)(S)C(S)(S)C(S)(S)C3(S)S)n2-c2cccnc2)ccc1C#CCOC(=O)NCC(F)(F)F. The Morgan fingerprint density at radius 1 is 1.00 bits per heavy atom. The molecule has 0 bridgehead atoms. The van der Waals surface area contributed by atoms with E-state index in [1.165, 1.54) is 0 Å². The quantitative estimate of drug-likeness (QED) is 0.0759. The van der Waals surface area contributed by atoms with Gasteiger partial charge in [-0.25, -0.2) is 4.79 Å². The number of pyridine rings is 1. The van der Waals surface area contributed by atoms with Gasteiger partial charge in [0.2, 0.25) is 0 Å². The van der Waals surface area contributed by atoms with Crippen LogP contribution >= 0.6 is 125 Å². The predicted molar refractivity (Wildman–Crippen MR) is 207 cm³/mol. The number of thioether (sulfide) groups is 1. The zero-order valence-electron chi connectivity index (χ0n) is 23.7. The van der Waals surface area contributed by atoms with Crippen molar-refractivity contribution in [3.63, 3.8) is 0 Å². The van der Waals surface area contributed by atoms with E-state index in [0.717, 1.165) is 17.3 Å². The third-order valence-electron chi connectivity index (χ3n) is 6.74. The second kappa shape index (κ2) is 14.6. The average Bonchev–Trinajstić information content (AvgIpc) is 3.40. The van der Waals surface area contributed by atoms with Crippen LogP contribution in [0.4, 0.5) is 18.0 Å². The number of alkyl halides is 3. The van der Waals surface area contributed by atoms with E-state index in [1.54, 1.807) is 53.5 Å². The lowest BCUT2D eigenvalue weighted by atomic mass is 10.1.